The lowest BCUT2D eigenvalue weighted by Gasteiger charge is -2.07. The Hall–Kier alpha value is -1.75. The third-order valence-corrected chi connectivity index (χ3v) is 3.52. The summed E-state index contributed by atoms with van der Waals surface area (Å²) in [5.41, 5.74) is 2.68. The second-order valence-corrected chi connectivity index (χ2v) is 6.38. The molecule has 0 amide bonds. The van der Waals surface area contributed by atoms with Crippen molar-refractivity contribution >= 4 is 9.84 Å². The predicted molar refractivity (Wildman–Crippen MR) is 70.9 cm³/mol. The van der Waals surface area contributed by atoms with Gasteiger partial charge in [-0.2, -0.15) is 0 Å². The summed E-state index contributed by atoms with van der Waals surface area (Å²) in [6, 6.07) is 7.56. The molecule has 0 atom stereocenters. The first-order valence-electron chi connectivity index (χ1n) is 5.58. The molecule has 0 unspecified atom stereocenters. The van der Waals surface area contributed by atoms with Crippen LogP contribution in [-0.2, 0) is 16.3 Å². The molecule has 0 spiro atoms. The van der Waals surface area contributed by atoms with E-state index in [0.29, 0.717) is 6.42 Å². The minimum absolute atomic E-state index is 0.108. The number of aryl methyl sites for hydroxylation is 1. The highest BCUT2D eigenvalue weighted by Gasteiger charge is 2.09. The Morgan fingerprint density at radius 1 is 1.17 bits per heavy atom. The van der Waals surface area contributed by atoms with Crippen LogP contribution in [-0.4, -0.2) is 30.4 Å². The van der Waals surface area contributed by atoms with Gasteiger partial charge in [-0.15, -0.1) is 0 Å². The highest BCUT2D eigenvalue weighted by Crippen LogP contribution is 2.21. The highest BCUT2D eigenvalue weighted by atomic mass is 32.2. The van der Waals surface area contributed by atoms with Crippen LogP contribution in [0.15, 0.2) is 42.9 Å². The van der Waals surface area contributed by atoms with E-state index >= 15 is 0 Å². The lowest BCUT2D eigenvalue weighted by atomic mass is 10.0. The Bertz CT molecular complexity index is 624. The van der Waals surface area contributed by atoms with Gasteiger partial charge in [0.2, 0.25) is 0 Å². The van der Waals surface area contributed by atoms with Crippen molar-refractivity contribution in [1.29, 1.82) is 0 Å². The van der Waals surface area contributed by atoms with Gasteiger partial charge in [-0.05, 0) is 12.1 Å². The molecule has 18 heavy (non-hydrogen) atoms. The fourth-order valence-corrected chi connectivity index (χ4v) is 2.27. The molecule has 0 bridgehead atoms. The molecule has 0 saturated carbocycles. The molecule has 2 aromatic rings. The van der Waals surface area contributed by atoms with Gasteiger partial charge in [0.25, 0.3) is 0 Å². The summed E-state index contributed by atoms with van der Waals surface area (Å²) >= 11 is 0. The van der Waals surface area contributed by atoms with Gasteiger partial charge in [0, 0.05) is 48.1 Å². The van der Waals surface area contributed by atoms with Gasteiger partial charge in [0.15, 0.2) is 0 Å². The van der Waals surface area contributed by atoms with Crippen LogP contribution >= 0.6 is 0 Å². The van der Waals surface area contributed by atoms with Gasteiger partial charge in [0.05, 0.1) is 5.75 Å². The van der Waals surface area contributed by atoms with E-state index in [1.54, 1.807) is 18.6 Å². The van der Waals surface area contributed by atoms with Crippen molar-refractivity contribution < 1.29 is 8.42 Å². The molecule has 0 fully saturated rings. The molecule has 2 aromatic heterocycles. The molecule has 2 rings (SSSR count). The van der Waals surface area contributed by atoms with Crippen LogP contribution in [0.25, 0.3) is 11.1 Å². The molecular formula is C13H14N2O2S. The molecule has 4 nitrogen and oxygen atoms in total. The summed E-state index contributed by atoms with van der Waals surface area (Å²) in [6.07, 6.45) is 6.79. The lowest BCUT2D eigenvalue weighted by molar-refractivity contribution is 0.601. The molecule has 5 heteroatoms. The van der Waals surface area contributed by atoms with Gasteiger partial charge in [-0.3, -0.25) is 9.97 Å². The second kappa shape index (κ2) is 5.27. The minimum atomic E-state index is -2.98. The number of aromatic nitrogens is 2. The van der Waals surface area contributed by atoms with Crippen LogP contribution in [0.2, 0.25) is 0 Å². The average Bonchev–Trinajstić information content (AvgIpc) is 2.37. The average molecular weight is 262 g/mol. The zero-order valence-corrected chi connectivity index (χ0v) is 10.9. The number of sulfone groups is 1. The normalized spacial score (nSPS) is 11.4. The Kier molecular flexibility index (Phi) is 3.72. The molecule has 0 aliphatic carbocycles. The van der Waals surface area contributed by atoms with E-state index in [0.717, 1.165) is 16.8 Å². The first kappa shape index (κ1) is 12.7. The van der Waals surface area contributed by atoms with Crippen LogP contribution in [0.1, 0.15) is 5.69 Å². The molecule has 0 radical (unpaired) electrons. The van der Waals surface area contributed by atoms with Crippen molar-refractivity contribution in [2.24, 2.45) is 0 Å². The fraction of sp³-hybridized carbons (Fsp3) is 0.231. The Balaban J connectivity index is 2.32. The maximum Gasteiger partial charge on any atom is 0.147 e. The van der Waals surface area contributed by atoms with E-state index in [4.69, 9.17) is 0 Å². The Morgan fingerprint density at radius 3 is 2.61 bits per heavy atom. The topological polar surface area (TPSA) is 59.9 Å². The van der Waals surface area contributed by atoms with Crippen LogP contribution in [0.3, 0.4) is 0 Å². The summed E-state index contributed by atoms with van der Waals surface area (Å²) in [4.78, 5) is 8.33. The number of hydrogen-bond donors (Lipinski definition) is 0. The van der Waals surface area contributed by atoms with Crippen molar-refractivity contribution in [3.8, 4) is 11.1 Å². The smallest absolute Gasteiger partial charge is 0.147 e. The van der Waals surface area contributed by atoms with Crippen LogP contribution in [0, 0.1) is 0 Å². The van der Waals surface area contributed by atoms with Gasteiger partial charge in [-0.1, -0.05) is 12.1 Å². The molecular weight excluding hydrogens is 248 g/mol. The summed E-state index contributed by atoms with van der Waals surface area (Å²) in [6.45, 7) is 0. The van der Waals surface area contributed by atoms with E-state index in [1.165, 1.54) is 6.26 Å². The zero-order chi connectivity index (χ0) is 13.0. The van der Waals surface area contributed by atoms with Crippen molar-refractivity contribution in [3.63, 3.8) is 0 Å². The summed E-state index contributed by atoms with van der Waals surface area (Å²) in [7, 11) is -2.98. The van der Waals surface area contributed by atoms with Gasteiger partial charge in [-0.25, -0.2) is 8.42 Å². The first-order chi connectivity index (χ1) is 8.56. The molecule has 0 saturated heterocycles. The van der Waals surface area contributed by atoms with Crippen LogP contribution in [0.5, 0.6) is 0 Å². The van der Waals surface area contributed by atoms with Crippen molar-refractivity contribution in [3.05, 3.63) is 48.5 Å². The van der Waals surface area contributed by atoms with Gasteiger partial charge < -0.3 is 0 Å². The van der Waals surface area contributed by atoms with Gasteiger partial charge >= 0.3 is 0 Å². The summed E-state index contributed by atoms with van der Waals surface area (Å²) < 4.78 is 22.4. The molecule has 0 N–H and O–H groups in total. The maximum atomic E-state index is 11.2. The number of hydrogen-bond acceptors (Lipinski definition) is 4. The lowest BCUT2D eigenvalue weighted by Crippen LogP contribution is -2.07. The van der Waals surface area contributed by atoms with E-state index in [-0.39, 0.29) is 5.75 Å². The van der Waals surface area contributed by atoms with Crippen molar-refractivity contribution in [2.75, 3.05) is 12.0 Å². The van der Waals surface area contributed by atoms with E-state index in [1.807, 2.05) is 24.3 Å². The zero-order valence-electron chi connectivity index (χ0n) is 10.1. The van der Waals surface area contributed by atoms with E-state index in [2.05, 4.69) is 9.97 Å². The molecule has 2 heterocycles. The Labute approximate surface area is 107 Å². The number of rotatable bonds is 4. The van der Waals surface area contributed by atoms with Crippen LogP contribution < -0.4 is 0 Å². The fourth-order valence-electron chi connectivity index (χ4n) is 1.70. The summed E-state index contributed by atoms with van der Waals surface area (Å²) in [5.74, 6) is 0.108. The van der Waals surface area contributed by atoms with Crippen molar-refractivity contribution in [1.82, 2.24) is 9.97 Å². The SMILES string of the molecule is CS(=O)(=O)CCc1ncccc1-c1cccnc1. The minimum Gasteiger partial charge on any atom is -0.264 e. The largest absolute Gasteiger partial charge is 0.264 e. The third-order valence-electron chi connectivity index (χ3n) is 2.57. The van der Waals surface area contributed by atoms with E-state index < -0.39 is 9.84 Å². The standard InChI is InChI=1S/C13H14N2O2S/c1-18(16,17)9-6-13-12(5-3-8-15-13)11-4-2-7-14-10-11/h2-5,7-8,10H,6,9H2,1H3. The summed E-state index contributed by atoms with van der Waals surface area (Å²) in [5, 5.41) is 0. The monoisotopic (exact) mass is 262 g/mol. The van der Waals surface area contributed by atoms with Crippen LogP contribution in [0.4, 0.5) is 0 Å². The maximum absolute atomic E-state index is 11.2. The van der Waals surface area contributed by atoms with E-state index in [9.17, 15) is 8.42 Å². The van der Waals surface area contributed by atoms with Crippen molar-refractivity contribution in [2.45, 2.75) is 6.42 Å². The first-order valence-corrected chi connectivity index (χ1v) is 7.64. The molecule has 0 aromatic carbocycles. The molecule has 0 aliphatic heterocycles. The molecule has 0 aliphatic rings. The second-order valence-electron chi connectivity index (χ2n) is 4.12. The predicted octanol–water partition coefficient (Wildman–Crippen LogP) is 1.73. The number of pyridine rings is 2. The molecule has 94 valence electrons. The quantitative estimate of drug-likeness (QED) is 0.842. The Morgan fingerprint density at radius 2 is 1.94 bits per heavy atom. The highest BCUT2D eigenvalue weighted by molar-refractivity contribution is 7.90. The third kappa shape index (κ3) is 3.37. The van der Waals surface area contributed by atoms with Gasteiger partial charge in [0.1, 0.15) is 9.84 Å². The number of nitrogens with zero attached hydrogens (tertiary/aromatic N) is 2.